The van der Waals surface area contributed by atoms with Crippen molar-refractivity contribution in [3.8, 4) is 11.1 Å². The van der Waals surface area contributed by atoms with E-state index in [9.17, 15) is 0 Å². The number of nitrogens with zero attached hydrogens (tertiary/aromatic N) is 3. The van der Waals surface area contributed by atoms with Gasteiger partial charge in [-0.15, -0.1) is 11.3 Å². The number of rotatable bonds is 7. The van der Waals surface area contributed by atoms with Gasteiger partial charge in [0.15, 0.2) is 0 Å². The molecule has 6 aliphatic rings. The van der Waals surface area contributed by atoms with Gasteiger partial charge in [0, 0.05) is 44.5 Å². The molecule has 9 aromatic rings. The first-order chi connectivity index (χ1) is 40.8. The Kier molecular flexibility index (Phi) is 12.5. The minimum atomic E-state index is -0.0103. The third-order valence-corrected chi connectivity index (χ3v) is 22.7. The summed E-state index contributed by atoms with van der Waals surface area (Å²) in [7, 11) is 0. The third-order valence-electron chi connectivity index (χ3n) is 21.6. The molecule has 8 aromatic carbocycles. The van der Waals surface area contributed by atoms with Gasteiger partial charge in [-0.3, -0.25) is 0 Å². The van der Waals surface area contributed by atoms with Crippen LogP contribution in [-0.4, -0.2) is 6.71 Å². The van der Waals surface area contributed by atoms with Gasteiger partial charge in [0.05, 0.1) is 10.7 Å². The van der Waals surface area contributed by atoms with Crippen molar-refractivity contribution in [1.82, 2.24) is 0 Å². The highest BCUT2D eigenvalue weighted by molar-refractivity contribution is 7.26. The van der Waals surface area contributed by atoms with Crippen molar-refractivity contribution < 1.29 is 0 Å². The Hall–Kier alpha value is -7.34. The first-order valence-electron chi connectivity index (χ1n) is 32.0. The van der Waals surface area contributed by atoms with Crippen LogP contribution in [0.2, 0.25) is 0 Å². The van der Waals surface area contributed by atoms with Crippen LogP contribution in [0.15, 0.2) is 170 Å². The fourth-order valence-electron chi connectivity index (χ4n) is 16.4. The molecule has 85 heavy (non-hydrogen) atoms. The van der Waals surface area contributed by atoms with Gasteiger partial charge in [-0.1, -0.05) is 154 Å². The number of anilines is 9. The molecule has 0 saturated heterocycles. The molecule has 0 spiro atoms. The molecule has 2 aliphatic heterocycles. The second kappa shape index (κ2) is 19.6. The molecule has 0 bridgehead atoms. The number of allylic oxidation sites excluding steroid dienone is 4. The number of thiophene rings is 1. The summed E-state index contributed by atoms with van der Waals surface area (Å²) < 4.78 is 1.41. The lowest BCUT2D eigenvalue weighted by molar-refractivity contribution is 0.332. The zero-order valence-electron chi connectivity index (χ0n) is 52.3. The van der Waals surface area contributed by atoms with Crippen LogP contribution < -0.4 is 31.1 Å². The van der Waals surface area contributed by atoms with Crippen molar-refractivity contribution in [3.63, 3.8) is 0 Å². The molecule has 0 fully saturated rings. The fourth-order valence-corrected chi connectivity index (χ4v) is 17.7. The van der Waals surface area contributed by atoms with Crippen LogP contribution in [0.1, 0.15) is 183 Å². The lowest BCUT2D eigenvalue weighted by Crippen LogP contribution is -2.61. The van der Waals surface area contributed by atoms with E-state index < -0.39 is 0 Å². The van der Waals surface area contributed by atoms with E-state index in [1.807, 2.05) is 11.3 Å². The van der Waals surface area contributed by atoms with Gasteiger partial charge in [0.1, 0.15) is 0 Å². The molecule has 2 atom stereocenters. The van der Waals surface area contributed by atoms with Crippen LogP contribution in [0.5, 0.6) is 0 Å². The van der Waals surface area contributed by atoms with Gasteiger partial charge in [-0.25, -0.2) is 0 Å². The Labute approximate surface area is 511 Å². The minimum Gasteiger partial charge on any atom is -0.311 e. The maximum absolute atomic E-state index is 2.77. The van der Waals surface area contributed by atoms with E-state index in [0.29, 0.717) is 11.8 Å². The molecule has 1 aromatic heterocycles. The molecule has 0 amide bonds. The molecule has 15 rings (SSSR count). The van der Waals surface area contributed by atoms with E-state index >= 15 is 0 Å². The summed E-state index contributed by atoms with van der Waals surface area (Å²) in [6.45, 7) is 29.7. The Morgan fingerprint density at radius 1 is 0.494 bits per heavy atom. The van der Waals surface area contributed by atoms with Gasteiger partial charge >= 0.3 is 0 Å². The highest BCUT2D eigenvalue weighted by Gasteiger charge is 2.49. The maximum Gasteiger partial charge on any atom is 0.254 e. The van der Waals surface area contributed by atoms with E-state index in [0.717, 1.165) is 49.2 Å². The Balaban J connectivity index is 1.06. The standard InChI is InChI=1S/C80H82BN3S/c1-49-28-29-50(2)62-46-72-63(45-61(49)62)73-76(85-72)83(60-34-35-64-65(44-60)78(7,8)37-36-77(64,5)6)70-42-56(54-30-32-59(33-31-54)82(57-24-18-14-19-25-57)58-26-20-15-21-27-58)43-71-74(70)81(73)68-47-66-67(80(11,12)39-38-79(66,9)10)48-69(68)84(71)75-51(3)40-55(41-52(75)4)53-22-16-13-17-23-53/h14-16,18-27,30-35,40-50H,13,17,28-29,36-39H2,1-12H3. The SMILES string of the molecule is Cc1cc(C2=CCCC=C2)cc(C)c1N1c2cc3c(cc2B2c4c(cc(-c5ccc(N(c6ccccc6)c6ccccc6)cc5)cc41)N(c1ccc4c(c1)C(C)(C)CCC4(C)C)c1sc4cc5c(cc4c12)C(C)CCC5C)C(C)(C)CCC3(C)C. The molecule has 3 nitrogen and oxygen atoms in total. The Morgan fingerprint density at radius 3 is 1.65 bits per heavy atom. The number of benzene rings is 8. The number of para-hydroxylation sites is 2. The van der Waals surface area contributed by atoms with E-state index in [1.165, 1.54) is 135 Å². The summed E-state index contributed by atoms with van der Waals surface area (Å²) in [5, 5.41) is 2.80. The van der Waals surface area contributed by atoms with Crippen LogP contribution in [0.3, 0.4) is 0 Å². The smallest absolute Gasteiger partial charge is 0.254 e. The zero-order valence-corrected chi connectivity index (χ0v) is 53.1. The zero-order chi connectivity index (χ0) is 58.6. The summed E-state index contributed by atoms with van der Waals surface area (Å²) in [6.07, 6.45) is 16.5. The molecular weight excluding hydrogens is 1050 g/mol. The predicted octanol–water partition coefficient (Wildman–Crippen LogP) is 21.2. The lowest BCUT2D eigenvalue weighted by atomic mass is 9.33. The van der Waals surface area contributed by atoms with Crippen molar-refractivity contribution in [2.45, 2.75) is 168 Å². The lowest BCUT2D eigenvalue weighted by Gasteiger charge is -2.47. The maximum atomic E-state index is 2.77. The van der Waals surface area contributed by atoms with Crippen molar-refractivity contribution in [2.24, 2.45) is 0 Å². The minimum absolute atomic E-state index is 0.00595. The van der Waals surface area contributed by atoms with Crippen molar-refractivity contribution in [2.75, 3.05) is 14.7 Å². The van der Waals surface area contributed by atoms with Gasteiger partial charge in [-0.2, -0.15) is 0 Å². The molecule has 0 saturated carbocycles. The predicted molar refractivity (Wildman–Crippen MR) is 368 cm³/mol. The molecule has 426 valence electrons. The largest absolute Gasteiger partial charge is 0.311 e. The van der Waals surface area contributed by atoms with Crippen LogP contribution >= 0.6 is 11.3 Å². The van der Waals surface area contributed by atoms with Crippen LogP contribution in [0.4, 0.5) is 50.5 Å². The van der Waals surface area contributed by atoms with Gasteiger partial charge in [0.2, 0.25) is 0 Å². The Morgan fingerprint density at radius 2 is 1.05 bits per heavy atom. The molecule has 2 unspecified atom stereocenters. The van der Waals surface area contributed by atoms with Gasteiger partial charge in [-0.05, 0) is 272 Å². The van der Waals surface area contributed by atoms with E-state index in [1.54, 1.807) is 11.1 Å². The van der Waals surface area contributed by atoms with E-state index in [4.69, 9.17) is 0 Å². The second-order valence-electron chi connectivity index (χ2n) is 29.1. The van der Waals surface area contributed by atoms with E-state index in [2.05, 4.69) is 268 Å². The first kappa shape index (κ1) is 54.3. The first-order valence-corrected chi connectivity index (χ1v) is 32.8. The van der Waals surface area contributed by atoms with Crippen LogP contribution in [0, 0.1) is 13.8 Å². The van der Waals surface area contributed by atoms with Crippen LogP contribution in [-0.2, 0) is 21.7 Å². The highest BCUT2D eigenvalue weighted by Crippen LogP contribution is 2.56. The summed E-state index contributed by atoms with van der Waals surface area (Å²) in [5.41, 5.74) is 31.1. The number of fused-ring (bicyclic) bond motifs is 9. The van der Waals surface area contributed by atoms with Crippen LogP contribution in [0.25, 0.3) is 26.8 Å². The number of hydrogen-bond donors (Lipinski definition) is 0. The molecule has 5 heteroatoms. The molecule has 0 radical (unpaired) electrons. The monoisotopic (exact) mass is 1130 g/mol. The van der Waals surface area contributed by atoms with E-state index in [-0.39, 0.29) is 28.4 Å². The molecule has 3 heterocycles. The second-order valence-corrected chi connectivity index (χ2v) is 30.1. The molecule has 4 aliphatic carbocycles. The average Bonchev–Trinajstić information content (AvgIpc) is 1.69. The Bertz CT molecular complexity index is 4200. The summed E-state index contributed by atoms with van der Waals surface area (Å²) in [5.74, 6) is 1.05. The van der Waals surface area contributed by atoms with Gasteiger partial charge in [0.25, 0.3) is 6.71 Å². The van der Waals surface area contributed by atoms with Gasteiger partial charge < -0.3 is 14.7 Å². The van der Waals surface area contributed by atoms with Crippen molar-refractivity contribution in [1.29, 1.82) is 0 Å². The molecule has 0 N–H and O–H groups in total. The summed E-state index contributed by atoms with van der Waals surface area (Å²) >= 11 is 2.05. The summed E-state index contributed by atoms with van der Waals surface area (Å²) in [6, 6.07) is 59.7. The van der Waals surface area contributed by atoms with Crippen molar-refractivity contribution in [3.05, 3.63) is 220 Å². The third kappa shape index (κ3) is 8.62. The summed E-state index contributed by atoms with van der Waals surface area (Å²) in [4.78, 5) is 7.92. The quantitative estimate of drug-likeness (QED) is 0.147. The average molecular weight is 1130 g/mol. The fraction of sp³-hybridized carbons (Fsp3) is 0.325. The molecular formula is C80H82BN3S. The number of hydrogen-bond acceptors (Lipinski definition) is 4. The van der Waals surface area contributed by atoms with Crippen molar-refractivity contribution >= 4 is 101 Å². The normalized spacial score (nSPS) is 20.0. The topological polar surface area (TPSA) is 9.72 Å². The highest BCUT2D eigenvalue weighted by atomic mass is 32.1. The number of aryl methyl sites for hydroxylation is 2.